The SMILES string of the molecule is CCOC(=O)C1C(C)=NC2=C(C(=O)CC(c3ccc(OC)c(OC)c3)C2)C1c1cccc([N+](=O)[O-])c1. The number of hydrogen-bond acceptors (Lipinski definition) is 8. The number of ether oxygens (including phenoxy) is 3. The smallest absolute Gasteiger partial charge is 0.315 e. The van der Waals surface area contributed by atoms with Crippen molar-refractivity contribution in [3.63, 3.8) is 0 Å². The van der Waals surface area contributed by atoms with Gasteiger partial charge in [0.2, 0.25) is 0 Å². The van der Waals surface area contributed by atoms with Crippen LogP contribution in [0.2, 0.25) is 0 Å². The van der Waals surface area contributed by atoms with Gasteiger partial charge < -0.3 is 14.2 Å². The summed E-state index contributed by atoms with van der Waals surface area (Å²) in [4.78, 5) is 42.3. The topological polar surface area (TPSA) is 117 Å². The molecule has 188 valence electrons. The van der Waals surface area contributed by atoms with E-state index in [1.54, 1.807) is 46.3 Å². The van der Waals surface area contributed by atoms with Crippen LogP contribution in [0.1, 0.15) is 49.7 Å². The van der Waals surface area contributed by atoms with Crippen molar-refractivity contribution in [1.29, 1.82) is 0 Å². The highest BCUT2D eigenvalue weighted by Gasteiger charge is 2.45. The third kappa shape index (κ3) is 4.60. The molecule has 2 aromatic carbocycles. The van der Waals surface area contributed by atoms with Crippen LogP contribution in [-0.4, -0.2) is 43.2 Å². The highest BCUT2D eigenvalue weighted by molar-refractivity contribution is 6.09. The summed E-state index contributed by atoms with van der Waals surface area (Å²) in [5, 5.41) is 11.5. The Morgan fingerprint density at radius 3 is 2.50 bits per heavy atom. The second-order valence-corrected chi connectivity index (χ2v) is 8.82. The van der Waals surface area contributed by atoms with E-state index < -0.39 is 22.7 Å². The predicted molar refractivity (Wildman–Crippen MR) is 133 cm³/mol. The number of nitro benzene ring substituents is 1. The van der Waals surface area contributed by atoms with Crippen molar-refractivity contribution in [1.82, 2.24) is 0 Å². The molecule has 0 radical (unpaired) electrons. The quantitative estimate of drug-likeness (QED) is 0.311. The summed E-state index contributed by atoms with van der Waals surface area (Å²) in [7, 11) is 3.12. The summed E-state index contributed by atoms with van der Waals surface area (Å²) in [5.74, 6) is -1.17. The first-order chi connectivity index (χ1) is 17.3. The number of carbonyl (C=O) groups is 2. The van der Waals surface area contributed by atoms with Gasteiger partial charge in [0.05, 0.1) is 25.7 Å². The molecule has 3 unspecified atom stereocenters. The van der Waals surface area contributed by atoms with E-state index in [2.05, 4.69) is 0 Å². The molecule has 0 saturated heterocycles. The molecular weight excluding hydrogens is 464 g/mol. The molecule has 4 rings (SSSR count). The molecule has 9 nitrogen and oxygen atoms in total. The van der Waals surface area contributed by atoms with Gasteiger partial charge in [0, 0.05) is 41.5 Å². The first-order valence-electron chi connectivity index (χ1n) is 11.7. The number of nitrogens with zero attached hydrogens (tertiary/aromatic N) is 2. The number of Topliss-reactive ketones (excluding diaryl/α,β-unsaturated/α-hetero) is 1. The van der Waals surface area contributed by atoms with E-state index in [1.807, 2.05) is 12.1 Å². The monoisotopic (exact) mass is 492 g/mol. The molecular formula is C27H28N2O7. The number of non-ortho nitro benzene ring substituents is 1. The fourth-order valence-corrected chi connectivity index (χ4v) is 5.13. The minimum Gasteiger partial charge on any atom is -0.493 e. The number of benzene rings is 2. The number of nitro groups is 1. The van der Waals surface area contributed by atoms with Gasteiger partial charge in [-0.05, 0) is 49.4 Å². The molecule has 1 aliphatic heterocycles. The average molecular weight is 493 g/mol. The Balaban J connectivity index is 1.80. The molecule has 0 amide bonds. The van der Waals surface area contributed by atoms with Crippen molar-refractivity contribution in [3.8, 4) is 11.5 Å². The largest absolute Gasteiger partial charge is 0.493 e. The number of esters is 1. The maximum atomic E-state index is 13.7. The Labute approximate surface area is 208 Å². The summed E-state index contributed by atoms with van der Waals surface area (Å²) in [6, 6.07) is 11.7. The summed E-state index contributed by atoms with van der Waals surface area (Å²) in [5.41, 5.74) is 2.87. The molecule has 0 fully saturated rings. The van der Waals surface area contributed by atoms with Gasteiger partial charge in [-0.2, -0.15) is 0 Å². The third-order valence-corrected chi connectivity index (χ3v) is 6.75. The van der Waals surface area contributed by atoms with E-state index >= 15 is 0 Å². The Kier molecular flexibility index (Phi) is 7.19. The van der Waals surface area contributed by atoms with Crippen LogP contribution in [0.5, 0.6) is 11.5 Å². The zero-order valence-corrected chi connectivity index (χ0v) is 20.6. The van der Waals surface area contributed by atoms with Crippen LogP contribution in [0.4, 0.5) is 5.69 Å². The Bertz CT molecular complexity index is 1280. The van der Waals surface area contributed by atoms with Gasteiger partial charge in [-0.3, -0.25) is 24.7 Å². The van der Waals surface area contributed by atoms with E-state index in [-0.39, 0.29) is 30.4 Å². The number of ketones is 1. The van der Waals surface area contributed by atoms with Crippen molar-refractivity contribution in [3.05, 3.63) is 75.0 Å². The van der Waals surface area contributed by atoms with Crippen molar-refractivity contribution in [2.75, 3.05) is 20.8 Å². The molecule has 0 saturated carbocycles. The summed E-state index contributed by atoms with van der Waals surface area (Å²) < 4.78 is 16.1. The van der Waals surface area contributed by atoms with Gasteiger partial charge in [0.25, 0.3) is 5.69 Å². The fourth-order valence-electron chi connectivity index (χ4n) is 5.13. The zero-order valence-electron chi connectivity index (χ0n) is 20.6. The molecule has 0 N–H and O–H groups in total. The Morgan fingerprint density at radius 2 is 1.83 bits per heavy atom. The third-order valence-electron chi connectivity index (χ3n) is 6.75. The molecule has 0 aromatic heterocycles. The van der Waals surface area contributed by atoms with Crippen LogP contribution in [0.3, 0.4) is 0 Å². The number of carbonyl (C=O) groups excluding carboxylic acids is 2. The van der Waals surface area contributed by atoms with Crippen molar-refractivity contribution in [2.45, 2.75) is 38.5 Å². The summed E-state index contributed by atoms with van der Waals surface area (Å²) in [6.45, 7) is 3.62. The van der Waals surface area contributed by atoms with Gasteiger partial charge in [-0.15, -0.1) is 0 Å². The van der Waals surface area contributed by atoms with Crippen molar-refractivity contribution < 1.29 is 28.7 Å². The van der Waals surface area contributed by atoms with Crippen LogP contribution in [0.25, 0.3) is 0 Å². The van der Waals surface area contributed by atoms with E-state index in [0.29, 0.717) is 40.5 Å². The first kappa shape index (κ1) is 25.1. The normalized spacial score (nSPS) is 21.4. The highest BCUT2D eigenvalue weighted by Crippen LogP contribution is 2.47. The molecule has 1 heterocycles. The second kappa shape index (κ2) is 10.3. The average Bonchev–Trinajstić information content (AvgIpc) is 2.87. The van der Waals surface area contributed by atoms with Crippen molar-refractivity contribution >= 4 is 23.2 Å². The van der Waals surface area contributed by atoms with Crippen molar-refractivity contribution in [2.24, 2.45) is 10.9 Å². The van der Waals surface area contributed by atoms with Crippen LogP contribution >= 0.6 is 0 Å². The molecule has 36 heavy (non-hydrogen) atoms. The molecule has 0 bridgehead atoms. The van der Waals surface area contributed by atoms with E-state index in [4.69, 9.17) is 19.2 Å². The van der Waals surface area contributed by atoms with Crippen LogP contribution < -0.4 is 9.47 Å². The molecule has 3 atom stereocenters. The van der Waals surface area contributed by atoms with Gasteiger partial charge in [0.1, 0.15) is 5.92 Å². The molecule has 0 spiro atoms. The van der Waals surface area contributed by atoms with Gasteiger partial charge in [-0.1, -0.05) is 18.2 Å². The maximum Gasteiger partial charge on any atom is 0.315 e. The number of aliphatic imine (C=N–C) groups is 1. The summed E-state index contributed by atoms with van der Waals surface area (Å²) in [6.07, 6.45) is 0.693. The van der Waals surface area contributed by atoms with Crippen LogP contribution in [-0.2, 0) is 14.3 Å². The molecule has 1 aliphatic carbocycles. The maximum absolute atomic E-state index is 13.7. The standard InChI is InChI=1S/C27H28N2O7/c1-5-36-27(31)24-15(2)28-20-12-18(16-9-10-22(34-3)23(14-16)35-4)13-21(30)26(20)25(24)17-7-6-8-19(11-17)29(32)33/h6-11,14,18,24-25H,5,12-13H2,1-4H3. The van der Waals surface area contributed by atoms with Gasteiger partial charge >= 0.3 is 5.97 Å². The Hall–Kier alpha value is -4.01. The Morgan fingerprint density at radius 1 is 1.08 bits per heavy atom. The van der Waals surface area contributed by atoms with E-state index in [9.17, 15) is 19.7 Å². The number of allylic oxidation sites excluding steroid dienone is 2. The minimum absolute atomic E-state index is 0.108. The highest BCUT2D eigenvalue weighted by atomic mass is 16.6. The van der Waals surface area contributed by atoms with Crippen LogP contribution in [0, 0.1) is 16.0 Å². The molecule has 9 heteroatoms. The zero-order chi connectivity index (χ0) is 26.0. The minimum atomic E-state index is -0.840. The molecule has 2 aliphatic rings. The number of methoxy groups -OCH3 is 2. The van der Waals surface area contributed by atoms with E-state index in [0.717, 1.165) is 5.56 Å². The first-order valence-corrected chi connectivity index (χ1v) is 11.7. The number of rotatable bonds is 7. The number of hydrogen-bond donors (Lipinski definition) is 0. The summed E-state index contributed by atoms with van der Waals surface area (Å²) >= 11 is 0. The lowest BCUT2D eigenvalue weighted by Crippen LogP contribution is -2.38. The van der Waals surface area contributed by atoms with Crippen LogP contribution in [0.15, 0.2) is 58.7 Å². The lowest BCUT2D eigenvalue weighted by molar-refractivity contribution is -0.384. The van der Waals surface area contributed by atoms with E-state index in [1.165, 1.54) is 12.1 Å². The lowest BCUT2D eigenvalue weighted by atomic mass is 9.69. The lowest BCUT2D eigenvalue weighted by Gasteiger charge is -2.36. The second-order valence-electron chi connectivity index (χ2n) is 8.82. The predicted octanol–water partition coefficient (Wildman–Crippen LogP) is 4.75. The molecule has 2 aromatic rings. The van der Waals surface area contributed by atoms with Gasteiger partial charge in [0.15, 0.2) is 17.3 Å². The fraction of sp³-hybridized carbons (Fsp3) is 0.370. The van der Waals surface area contributed by atoms with Gasteiger partial charge in [-0.25, -0.2) is 0 Å².